The molecule has 0 aliphatic carbocycles. The number of ketones is 2. The summed E-state index contributed by atoms with van der Waals surface area (Å²) >= 11 is 0.917. The van der Waals surface area contributed by atoms with Crippen LogP contribution in [0.15, 0.2) is 0 Å². The number of nitrogens with one attached hydrogen (secondary N) is 2. The number of piperidine rings is 1. The van der Waals surface area contributed by atoms with Crippen molar-refractivity contribution in [3.8, 4) is 0 Å². The molecule has 0 saturated carbocycles. The Morgan fingerprint density at radius 3 is 2.21 bits per heavy atom. The van der Waals surface area contributed by atoms with E-state index in [4.69, 9.17) is 0 Å². The average molecular weight is 633 g/mol. The van der Waals surface area contributed by atoms with Gasteiger partial charge in [0.05, 0.1) is 29.8 Å². The van der Waals surface area contributed by atoms with E-state index in [1.54, 1.807) is 25.7 Å². The summed E-state index contributed by atoms with van der Waals surface area (Å²) in [4.78, 5) is 66.0. The summed E-state index contributed by atoms with van der Waals surface area (Å²) in [5, 5.41) is 54.1. The average Bonchev–Trinajstić information content (AvgIpc) is 3.22. The van der Waals surface area contributed by atoms with E-state index in [9.17, 15) is 49.5 Å². The molecular weight excluding hydrogens is 584 g/mol. The number of likely N-dealkylation sites (tertiary alicyclic amines) is 2. The van der Waals surface area contributed by atoms with Crippen molar-refractivity contribution in [1.82, 2.24) is 20.4 Å². The van der Waals surface area contributed by atoms with E-state index in [0.29, 0.717) is 19.4 Å². The highest BCUT2D eigenvalue weighted by atomic mass is 32.2. The summed E-state index contributed by atoms with van der Waals surface area (Å²) in [6.45, 7) is 8.84. The number of carbonyl (C=O) groups is 5. The molecule has 43 heavy (non-hydrogen) atoms. The first-order valence-electron chi connectivity index (χ1n) is 14.8. The fraction of sp³-hybridized carbons (Fsp3) is 0.821. The van der Waals surface area contributed by atoms with E-state index in [1.165, 1.54) is 0 Å². The standard InChI is InChI=1S/C28H48N4O10S/c1-14(2)16(5)26(40)29-25(22(37)15(3)4)30-27(41)19(35)13-43-20-10-21(36)32(28(20)42)9-7-6-8-31-11-18(34)24(39)23(38)17(31)12-33/h14-18,20,23-25,27,30,33-34,38-39,41H,6-13H2,1-5H3,(H,29,40)/t16?,17-,18-,20?,23-,24-,25?,27?/m1/s1. The van der Waals surface area contributed by atoms with E-state index < -0.39 is 89.7 Å². The molecule has 2 aliphatic heterocycles. The first kappa shape index (κ1) is 37.2. The first-order valence-corrected chi connectivity index (χ1v) is 15.8. The Kier molecular flexibility index (Phi) is 14.6. The van der Waals surface area contributed by atoms with Crippen molar-refractivity contribution < 1.29 is 49.5 Å². The maximum Gasteiger partial charge on any atom is 0.242 e. The lowest BCUT2D eigenvalue weighted by Crippen LogP contribution is -2.62. The summed E-state index contributed by atoms with van der Waals surface area (Å²) in [5.74, 6) is -3.55. The molecule has 8 atom stereocenters. The minimum absolute atomic E-state index is 0.00954. The number of hydrogen-bond donors (Lipinski definition) is 7. The molecule has 3 amide bonds. The van der Waals surface area contributed by atoms with Crippen LogP contribution in [0.4, 0.5) is 0 Å². The maximum atomic E-state index is 12.9. The normalized spacial score (nSPS) is 27.1. The molecular formula is C28H48N4O10S. The second-order valence-corrected chi connectivity index (χ2v) is 13.1. The van der Waals surface area contributed by atoms with Crippen molar-refractivity contribution in [1.29, 1.82) is 0 Å². The van der Waals surface area contributed by atoms with Crippen LogP contribution in [0.25, 0.3) is 0 Å². The third-order valence-electron chi connectivity index (χ3n) is 8.11. The number of carbonyl (C=O) groups excluding carboxylic acids is 5. The van der Waals surface area contributed by atoms with Crippen LogP contribution in [-0.4, -0.2) is 139 Å². The zero-order valence-electron chi connectivity index (χ0n) is 25.5. The Bertz CT molecular complexity index is 999. The van der Waals surface area contributed by atoms with Gasteiger partial charge in [-0.2, -0.15) is 0 Å². The van der Waals surface area contributed by atoms with Gasteiger partial charge in [0.2, 0.25) is 17.7 Å². The molecule has 15 heteroatoms. The van der Waals surface area contributed by atoms with Crippen LogP contribution in [0.2, 0.25) is 0 Å². The smallest absolute Gasteiger partial charge is 0.242 e. The third kappa shape index (κ3) is 10.0. The van der Waals surface area contributed by atoms with Gasteiger partial charge in [0.25, 0.3) is 0 Å². The molecule has 246 valence electrons. The molecule has 2 aliphatic rings. The number of aliphatic hydroxyl groups excluding tert-OH is 5. The number of amides is 3. The van der Waals surface area contributed by atoms with Gasteiger partial charge in [0, 0.05) is 31.3 Å². The lowest BCUT2D eigenvalue weighted by Gasteiger charge is -2.43. The van der Waals surface area contributed by atoms with Crippen LogP contribution >= 0.6 is 11.8 Å². The number of rotatable bonds is 17. The Balaban J connectivity index is 1.85. The fourth-order valence-electron chi connectivity index (χ4n) is 4.86. The monoisotopic (exact) mass is 632 g/mol. The number of hydrogen-bond acceptors (Lipinski definition) is 13. The second-order valence-electron chi connectivity index (χ2n) is 12.0. The summed E-state index contributed by atoms with van der Waals surface area (Å²) < 4.78 is 0. The van der Waals surface area contributed by atoms with Crippen molar-refractivity contribution in [3.05, 3.63) is 0 Å². The van der Waals surface area contributed by atoms with Gasteiger partial charge in [0.1, 0.15) is 18.4 Å². The van der Waals surface area contributed by atoms with E-state index in [0.717, 1.165) is 16.7 Å². The summed E-state index contributed by atoms with van der Waals surface area (Å²) in [6, 6.07) is -0.741. The molecule has 0 aromatic heterocycles. The number of nitrogens with zero attached hydrogens (tertiary/aromatic N) is 2. The third-order valence-corrected chi connectivity index (χ3v) is 9.33. The topological polar surface area (TPSA) is 217 Å². The first-order chi connectivity index (χ1) is 20.1. The van der Waals surface area contributed by atoms with Crippen molar-refractivity contribution >= 4 is 41.0 Å². The molecule has 0 bridgehead atoms. The number of imide groups is 1. The van der Waals surface area contributed by atoms with E-state index >= 15 is 0 Å². The molecule has 0 spiro atoms. The number of β-amino-alcohol motifs (C(OH)–C–C–N with tert-alkyl or cyclic N) is 1. The molecule has 2 fully saturated rings. The molecule has 2 saturated heterocycles. The van der Waals surface area contributed by atoms with Crippen molar-refractivity contribution in [3.63, 3.8) is 0 Å². The maximum absolute atomic E-state index is 12.9. The van der Waals surface area contributed by atoms with Crippen molar-refractivity contribution in [2.75, 3.05) is 32.0 Å². The molecule has 7 N–H and O–H groups in total. The van der Waals surface area contributed by atoms with E-state index in [1.807, 2.05) is 13.8 Å². The quantitative estimate of drug-likeness (QED) is 0.0516. The number of unbranched alkanes of at least 4 members (excludes halogenated alkanes) is 1. The van der Waals surface area contributed by atoms with Gasteiger partial charge in [-0.25, -0.2) is 0 Å². The largest absolute Gasteiger partial charge is 0.395 e. The van der Waals surface area contributed by atoms with Crippen molar-refractivity contribution in [2.24, 2.45) is 17.8 Å². The zero-order valence-corrected chi connectivity index (χ0v) is 26.3. The molecule has 4 unspecified atom stereocenters. The Morgan fingerprint density at radius 2 is 1.63 bits per heavy atom. The minimum atomic E-state index is -1.78. The molecule has 2 rings (SSSR count). The highest BCUT2D eigenvalue weighted by Crippen LogP contribution is 2.26. The van der Waals surface area contributed by atoms with Gasteiger partial charge in [-0.1, -0.05) is 34.6 Å². The molecule has 2 heterocycles. The summed E-state index contributed by atoms with van der Waals surface area (Å²) in [6.07, 6.45) is -6.08. The number of aliphatic hydroxyl groups is 5. The lowest BCUT2D eigenvalue weighted by atomic mass is 9.94. The lowest BCUT2D eigenvalue weighted by molar-refractivity contribution is -0.145. The molecule has 0 radical (unpaired) electrons. The Labute approximate surface area is 256 Å². The highest BCUT2D eigenvalue weighted by Gasteiger charge is 2.41. The van der Waals surface area contributed by atoms with Crippen LogP contribution in [0, 0.1) is 17.8 Å². The van der Waals surface area contributed by atoms with Crippen LogP contribution < -0.4 is 10.6 Å². The number of thioether (sulfide) groups is 1. The Hall–Kier alpha value is -1.98. The van der Waals surface area contributed by atoms with E-state index in [-0.39, 0.29) is 31.2 Å². The zero-order chi connectivity index (χ0) is 32.6. The van der Waals surface area contributed by atoms with Gasteiger partial charge >= 0.3 is 0 Å². The number of Topliss-reactive ketones (excluding diaryl/α,β-unsaturated/α-hetero) is 2. The van der Waals surface area contributed by atoms with Crippen molar-refractivity contribution in [2.45, 2.75) is 95.9 Å². The van der Waals surface area contributed by atoms with Gasteiger partial charge in [-0.05, 0) is 25.3 Å². The second kappa shape index (κ2) is 16.9. The van der Waals surface area contributed by atoms with Gasteiger partial charge in [0.15, 0.2) is 17.8 Å². The van der Waals surface area contributed by atoms with Gasteiger partial charge < -0.3 is 30.8 Å². The van der Waals surface area contributed by atoms with Crippen LogP contribution in [0.1, 0.15) is 53.9 Å². The predicted octanol–water partition coefficient (Wildman–Crippen LogP) is -2.18. The predicted molar refractivity (Wildman–Crippen MR) is 157 cm³/mol. The molecule has 0 aromatic carbocycles. The van der Waals surface area contributed by atoms with E-state index in [2.05, 4.69) is 10.6 Å². The van der Waals surface area contributed by atoms with Gasteiger partial charge in [-0.3, -0.25) is 39.1 Å². The highest BCUT2D eigenvalue weighted by molar-refractivity contribution is 8.01. The van der Waals surface area contributed by atoms with Crippen LogP contribution in [0.5, 0.6) is 0 Å². The fourth-order valence-corrected chi connectivity index (χ4v) is 5.91. The van der Waals surface area contributed by atoms with Crippen LogP contribution in [-0.2, 0) is 24.0 Å². The van der Waals surface area contributed by atoms with Gasteiger partial charge in [-0.15, -0.1) is 11.8 Å². The Morgan fingerprint density at radius 1 is 1.00 bits per heavy atom. The van der Waals surface area contributed by atoms with Crippen LogP contribution in [0.3, 0.4) is 0 Å². The summed E-state index contributed by atoms with van der Waals surface area (Å²) in [5.41, 5.74) is 0. The SMILES string of the molecule is CC(C)C(=O)C(NC(=O)C(C)C(C)C)NC(O)C(=O)CSC1CC(=O)N(CCCCN2C[C@@H](O)[C@@H](O)[C@H](O)[C@H]2CO)C1=O. The summed E-state index contributed by atoms with van der Waals surface area (Å²) in [7, 11) is 0. The minimum Gasteiger partial charge on any atom is -0.395 e. The molecule has 0 aromatic rings. The molecule has 14 nitrogen and oxygen atoms in total.